The molecule has 6 heteroatoms. The lowest BCUT2D eigenvalue weighted by molar-refractivity contribution is -0.159. The molecule has 2 atom stereocenters. The van der Waals surface area contributed by atoms with Crippen LogP contribution in [-0.2, 0) is 14.3 Å². The number of carbonyl (C=O) groups excluding carboxylic acids is 1. The molecule has 0 fully saturated rings. The SMILES string of the molecule is CCC(CC(C)(C)C(=O)OCC(O)CO)C(=O)O. The molecule has 0 aliphatic rings. The van der Waals surface area contributed by atoms with Crippen LogP contribution in [0.5, 0.6) is 0 Å². The number of aliphatic hydroxyl groups excluding tert-OH is 2. The highest BCUT2D eigenvalue weighted by Gasteiger charge is 2.34. The smallest absolute Gasteiger partial charge is 0.311 e. The van der Waals surface area contributed by atoms with Crippen molar-refractivity contribution in [3.63, 3.8) is 0 Å². The van der Waals surface area contributed by atoms with Gasteiger partial charge in [0.1, 0.15) is 12.7 Å². The average molecular weight is 262 g/mol. The molecule has 0 saturated carbocycles. The van der Waals surface area contributed by atoms with Gasteiger partial charge in [-0.1, -0.05) is 6.92 Å². The van der Waals surface area contributed by atoms with Crippen LogP contribution < -0.4 is 0 Å². The Balaban J connectivity index is 4.42. The Hall–Kier alpha value is -1.14. The maximum absolute atomic E-state index is 11.8. The number of carbonyl (C=O) groups is 2. The summed E-state index contributed by atoms with van der Waals surface area (Å²) < 4.78 is 4.84. The summed E-state index contributed by atoms with van der Waals surface area (Å²) in [5.74, 6) is -2.11. The first-order valence-electron chi connectivity index (χ1n) is 5.93. The summed E-state index contributed by atoms with van der Waals surface area (Å²) in [4.78, 5) is 22.7. The molecule has 0 rings (SSSR count). The van der Waals surface area contributed by atoms with E-state index in [0.29, 0.717) is 6.42 Å². The molecule has 0 aromatic heterocycles. The Morgan fingerprint density at radius 3 is 2.28 bits per heavy atom. The highest BCUT2D eigenvalue weighted by atomic mass is 16.5. The van der Waals surface area contributed by atoms with E-state index in [1.165, 1.54) is 0 Å². The van der Waals surface area contributed by atoms with Crippen molar-refractivity contribution in [1.29, 1.82) is 0 Å². The number of aliphatic carboxylic acids is 1. The zero-order chi connectivity index (χ0) is 14.3. The number of carboxylic acids is 1. The van der Waals surface area contributed by atoms with E-state index < -0.39 is 36.0 Å². The number of esters is 1. The summed E-state index contributed by atoms with van der Waals surface area (Å²) >= 11 is 0. The summed E-state index contributed by atoms with van der Waals surface area (Å²) in [5.41, 5.74) is -0.936. The van der Waals surface area contributed by atoms with Crippen molar-refractivity contribution < 1.29 is 29.6 Å². The normalized spacial score (nSPS) is 14.9. The summed E-state index contributed by atoms with van der Waals surface area (Å²) in [5, 5.41) is 26.6. The van der Waals surface area contributed by atoms with Crippen molar-refractivity contribution in [1.82, 2.24) is 0 Å². The summed E-state index contributed by atoms with van der Waals surface area (Å²) in [6.07, 6.45) is -0.496. The standard InChI is InChI=1S/C12H22O6/c1-4-8(10(15)16)5-12(2,3)11(17)18-7-9(14)6-13/h8-9,13-14H,4-7H2,1-3H3,(H,15,16). The van der Waals surface area contributed by atoms with Crippen molar-refractivity contribution >= 4 is 11.9 Å². The second kappa shape index (κ2) is 7.33. The Morgan fingerprint density at radius 1 is 1.33 bits per heavy atom. The van der Waals surface area contributed by atoms with E-state index in [9.17, 15) is 9.59 Å². The van der Waals surface area contributed by atoms with E-state index in [1.54, 1.807) is 20.8 Å². The summed E-state index contributed by atoms with van der Waals surface area (Å²) in [6, 6.07) is 0. The lowest BCUT2D eigenvalue weighted by Gasteiger charge is -2.25. The molecule has 0 heterocycles. The van der Waals surface area contributed by atoms with Gasteiger partial charge in [0, 0.05) is 0 Å². The number of rotatable bonds is 8. The molecule has 2 unspecified atom stereocenters. The number of hydrogen-bond acceptors (Lipinski definition) is 5. The molecule has 3 N–H and O–H groups in total. The maximum Gasteiger partial charge on any atom is 0.311 e. The Kier molecular flexibility index (Phi) is 6.86. The molecule has 6 nitrogen and oxygen atoms in total. The minimum Gasteiger partial charge on any atom is -0.481 e. The fourth-order valence-corrected chi connectivity index (χ4v) is 1.53. The van der Waals surface area contributed by atoms with E-state index in [4.69, 9.17) is 20.1 Å². The zero-order valence-corrected chi connectivity index (χ0v) is 11.0. The molecule has 0 aromatic carbocycles. The minimum absolute atomic E-state index is 0.173. The zero-order valence-electron chi connectivity index (χ0n) is 11.0. The van der Waals surface area contributed by atoms with Gasteiger partial charge in [-0.15, -0.1) is 0 Å². The monoisotopic (exact) mass is 262 g/mol. The van der Waals surface area contributed by atoms with Crippen LogP contribution in [-0.4, -0.2) is 46.6 Å². The third-order valence-corrected chi connectivity index (χ3v) is 2.77. The minimum atomic E-state index is -1.11. The van der Waals surface area contributed by atoms with E-state index in [1.807, 2.05) is 0 Å². The molecular formula is C12H22O6. The lowest BCUT2D eigenvalue weighted by Crippen LogP contribution is -2.33. The largest absolute Gasteiger partial charge is 0.481 e. The summed E-state index contributed by atoms with van der Waals surface area (Å²) in [6.45, 7) is 4.18. The van der Waals surface area contributed by atoms with Crippen LogP contribution in [0.2, 0.25) is 0 Å². The van der Waals surface area contributed by atoms with Gasteiger partial charge in [0.2, 0.25) is 0 Å². The highest BCUT2D eigenvalue weighted by molar-refractivity contribution is 5.77. The lowest BCUT2D eigenvalue weighted by atomic mass is 9.82. The quantitative estimate of drug-likeness (QED) is 0.547. The Labute approximate surface area is 107 Å². The van der Waals surface area contributed by atoms with E-state index in [0.717, 1.165) is 0 Å². The predicted octanol–water partition coefficient (Wildman–Crippen LogP) is 0.410. The van der Waals surface area contributed by atoms with E-state index in [2.05, 4.69) is 0 Å². The van der Waals surface area contributed by atoms with Crippen LogP contribution >= 0.6 is 0 Å². The molecule has 0 amide bonds. The van der Waals surface area contributed by atoms with Crippen molar-refractivity contribution in [2.75, 3.05) is 13.2 Å². The third-order valence-electron chi connectivity index (χ3n) is 2.77. The Bertz CT molecular complexity index is 286. The molecule has 0 bridgehead atoms. The number of hydrogen-bond donors (Lipinski definition) is 3. The highest BCUT2D eigenvalue weighted by Crippen LogP contribution is 2.28. The maximum atomic E-state index is 11.8. The third kappa shape index (κ3) is 5.46. The number of aliphatic hydroxyl groups is 2. The van der Waals surface area contributed by atoms with E-state index in [-0.39, 0.29) is 13.0 Å². The molecule has 0 aliphatic carbocycles. The molecular weight excluding hydrogens is 240 g/mol. The predicted molar refractivity (Wildman–Crippen MR) is 63.9 cm³/mol. The molecule has 0 saturated heterocycles. The van der Waals surface area contributed by atoms with Gasteiger partial charge in [0.05, 0.1) is 17.9 Å². The first-order chi connectivity index (χ1) is 8.24. The van der Waals surface area contributed by atoms with Crippen molar-refractivity contribution in [2.24, 2.45) is 11.3 Å². The van der Waals surface area contributed by atoms with Crippen LogP contribution in [0.1, 0.15) is 33.6 Å². The van der Waals surface area contributed by atoms with Crippen molar-refractivity contribution in [3.05, 3.63) is 0 Å². The summed E-state index contributed by atoms with van der Waals surface area (Å²) in [7, 11) is 0. The average Bonchev–Trinajstić information content (AvgIpc) is 2.31. The fourth-order valence-electron chi connectivity index (χ4n) is 1.53. The molecule has 18 heavy (non-hydrogen) atoms. The van der Waals surface area contributed by atoms with Crippen LogP contribution in [0.3, 0.4) is 0 Å². The molecule has 106 valence electrons. The van der Waals surface area contributed by atoms with E-state index >= 15 is 0 Å². The van der Waals surface area contributed by atoms with Crippen molar-refractivity contribution in [3.8, 4) is 0 Å². The molecule has 0 spiro atoms. The van der Waals surface area contributed by atoms with Gasteiger partial charge in [0.15, 0.2) is 0 Å². The molecule has 0 aliphatic heterocycles. The van der Waals surface area contributed by atoms with Crippen molar-refractivity contribution in [2.45, 2.75) is 39.7 Å². The van der Waals surface area contributed by atoms with Gasteiger partial charge in [-0.2, -0.15) is 0 Å². The van der Waals surface area contributed by atoms with Crippen LogP contribution in [0.4, 0.5) is 0 Å². The first-order valence-corrected chi connectivity index (χ1v) is 5.93. The van der Waals surface area contributed by atoms with Gasteiger partial charge < -0.3 is 20.1 Å². The molecule has 0 aromatic rings. The fraction of sp³-hybridized carbons (Fsp3) is 0.833. The first kappa shape index (κ1) is 16.9. The number of carboxylic acid groups (broad SMARTS) is 1. The second-order valence-electron chi connectivity index (χ2n) is 4.97. The van der Waals surface area contributed by atoms with Gasteiger partial charge in [-0.3, -0.25) is 9.59 Å². The van der Waals surface area contributed by atoms with Gasteiger partial charge in [-0.05, 0) is 26.7 Å². The van der Waals surface area contributed by atoms with Crippen LogP contribution in [0.15, 0.2) is 0 Å². The van der Waals surface area contributed by atoms with Crippen LogP contribution in [0, 0.1) is 11.3 Å². The molecule has 0 radical (unpaired) electrons. The van der Waals surface area contributed by atoms with Gasteiger partial charge in [0.25, 0.3) is 0 Å². The topological polar surface area (TPSA) is 104 Å². The second-order valence-corrected chi connectivity index (χ2v) is 4.97. The number of ether oxygens (including phenoxy) is 1. The van der Waals surface area contributed by atoms with Gasteiger partial charge >= 0.3 is 11.9 Å². The van der Waals surface area contributed by atoms with Crippen LogP contribution in [0.25, 0.3) is 0 Å². The van der Waals surface area contributed by atoms with Gasteiger partial charge in [-0.25, -0.2) is 0 Å². The Morgan fingerprint density at radius 2 is 1.89 bits per heavy atom.